The van der Waals surface area contributed by atoms with Gasteiger partial charge in [-0.15, -0.1) is 11.8 Å². The molecule has 84 valence electrons. The molecule has 0 heterocycles. The van der Waals surface area contributed by atoms with E-state index < -0.39 is 6.10 Å². The van der Waals surface area contributed by atoms with Crippen LogP contribution < -0.4 is 0 Å². The Morgan fingerprint density at radius 3 is 2.69 bits per heavy atom. The molecule has 1 aromatic carbocycles. The molecule has 16 heavy (non-hydrogen) atoms. The minimum atomic E-state index is -0.437. The van der Waals surface area contributed by atoms with Crippen molar-refractivity contribution in [2.75, 3.05) is 0 Å². The zero-order chi connectivity index (χ0) is 11.1. The van der Waals surface area contributed by atoms with Crippen molar-refractivity contribution in [1.29, 1.82) is 0 Å². The fraction of sp³-hybridized carbons (Fsp3) is 0.385. The summed E-state index contributed by atoms with van der Waals surface area (Å²) < 4.78 is 0. The van der Waals surface area contributed by atoms with Crippen LogP contribution in [0.1, 0.15) is 6.42 Å². The molecule has 1 N–H and O–H groups in total. The third-order valence-electron chi connectivity index (χ3n) is 3.47. The first kappa shape index (κ1) is 10.7. The van der Waals surface area contributed by atoms with Gasteiger partial charge in [0.2, 0.25) is 0 Å². The second-order valence-electron chi connectivity index (χ2n) is 4.46. The third kappa shape index (κ3) is 1.69. The number of rotatable bonds is 2. The van der Waals surface area contributed by atoms with E-state index in [9.17, 15) is 5.11 Å². The van der Waals surface area contributed by atoms with Crippen molar-refractivity contribution < 1.29 is 5.11 Å². The van der Waals surface area contributed by atoms with Gasteiger partial charge in [0.1, 0.15) is 0 Å². The van der Waals surface area contributed by atoms with Gasteiger partial charge in [-0.05, 0) is 24.5 Å². The van der Waals surface area contributed by atoms with Gasteiger partial charge >= 0.3 is 0 Å². The minimum absolute atomic E-state index is 0.340. The van der Waals surface area contributed by atoms with Gasteiger partial charge in [-0.2, -0.15) is 0 Å². The van der Waals surface area contributed by atoms with Crippen LogP contribution in [0.25, 0.3) is 0 Å². The summed E-state index contributed by atoms with van der Waals surface area (Å²) in [5.41, 5.74) is 0. The Kier molecular flexibility index (Phi) is 2.74. The highest BCUT2D eigenvalue weighted by molar-refractivity contribution is 8.00. The molecule has 0 amide bonds. The maximum atomic E-state index is 9.92. The van der Waals surface area contributed by atoms with Crippen LogP contribution in [0, 0.1) is 11.8 Å². The van der Waals surface area contributed by atoms with Crippen molar-refractivity contribution in [3.05, 3.63) is 41.4 Å². The molecule has 0 spiro atoms. The Morgan fingerprint density at radius 1 is 1.25 bits per heavy atom. The fourth-order valence-corrected chi connectivity index (χ4v) is 4.27. The van der Waals surface area contributed by atoms with Gasteiger partial charge in [0, 0.05) is 21.1 Å². The highest BCUT2D eigenvalue weighted by Gasteiger charge is 2.48. The molecule has 1 fully saturated rings. The van der Waals surface area contributed by atoms with E-state index in [1.54, 1.807) is 0 Å². The van der Waals surface area contributed by atoms with Crippen molar-refractivity contribution >= 4 is 23.4 Å². The molecule has 4 atom stereocenters. The van der Waals surface area contributed by atoms with Crippen LogP contribution in [-0.2, 0) is 0 Å². The quantitative estimate of drug-likeness (QED) is 0.872. The maximum absolute atomic E-state index is 9.92. The summed E-state index contributed by atoms with van der Waals surface area (Å²) in [4.78, 5) is 1.28. The highest BCUT2D eigenvalue weighted by atomic mass is 35.5. The molecule has 1 aromatic rings. The van der Waals surface area contributed by atoms with Gasteiger partial charge in [0.25, 0.3) is 0 Å². The molecule has 4 rings (SSSR count). The summed E-state index contributed by atoms with van der Waals surface area (Å²) in [6.45, 7) is 0. The fourth-order valence-electron chi connectivity index (χ4n) is 2.51. The zero-order valence-electron chi connectivity index (χ0n) is 8.71. The minimum Gasteiger partial charge on any atom is -0.387 e. The smallest absolute Gasteiger partial charge is 0.0931 e. The van der Waals surface area contributed by atoms with E-state index in [1.807, 2.05) is 23.9 Å². The van der Waals surface area contributed by atoms with Crippen LogP contribution in [0.15, 0.2) is 46.3 Å². The molecule has 1 nitrogen and oxygen atoms in total. The summed E-state index contributed by atoms with van der Waals surface area (Å²) in [6.07, 6.45) is 2.68. The lowest BCUT2D eigenvalue weighted by molar-refractivity contribution is 0.0635. The summed E-state index contributed by atoms with van der Waals surface area (Å²) >= 11 is 7.83. The Morgan fingerprint density at radius 2 is 2.00 bits per heavy atom. The lowest BCUT2D eigenvalue weighted by atomic mass is 9.67. The molecule has 3 aliphatic carbocycles. The van der Waals surface area contributed by atoms with Crippen LogP contribution in [-0.4, -0.2) is 16.5 Å². The number of hydrogen-bond acceptors (Lipinski definition) is 2. The van der Waals surface area contributed by atoms with Gasteiger partial charge in [-0.1, -0.05) is 35.9 Å². The number of halogens is 1. The number of aliphatic hydroxyl groups is 1. The van der Waals surface area contributed by atoms with E-state index in [-0.39, 0.29) is 0 Å². The molecule has 0 aromatic heterocycles. The summed E-state index contributed by atoms with van der Waals surface area (Å²) in [6, 6.07) is 10.4. The molecule has 0 aliphatic heterocycles. The highest BCUT2D eigenvalue weighted by Crippen LogP contribution is 2.53. The lowest BCUT2D eigenvalue weighted by Crippen LogP contribution is -2.49. The van der Waals surface area contributed by atoms with Crippen LogP contribution in [0.4, 0.5) is 0 Å². The first-order valence-electron chi connectivity index (χ1n) is 5.52. The van der Waals surface area contributed by atoms with Crippen molar-refractivity contribution in [3.8, 4) is 0 Å². The average Bonchev–Trinajstić information content (AvgIpc) is 2.30. The topological polar surface area (TPSA) is 20.2 Å². The van der Waals surface area contributed by atoms with E-state index in [1.165, 1.54) is 4.90 Å². The zero-order valence-corrected chi connectivity index (χ0v) is 10.3. The van der Waals surface area contributed by atoms with Gasteiger partial charge < -0.3 is 5.11 Å². The summed E-state index contributed by atoms with van der Waals surface area (Å²) in [5.74, 6) is 0.888. The standard InChI is InChI=1S/C13H13ClOS/c14-11-7-8-6-10(12(11)15)13(8)16-9-4-2-1-3-5-9/h1-5,7-8,10,12-13,15H,6H2/t8-,10+,12?,13+/m1/s1. The van der Waals surface area contributed by atoms with Crippen LogP contribution in [0.3, 0.4) is 0 Å². The first-order valence-corrected chi connectivity index (χ1v) is 6.78. The molecular formula is C13H13ClOS. The maximum Gasteiger partial charge on any atom is 0.0931 e. The number of fused-ring (bicyclic) bond motifs is 1. The number of thioether (sulfide) groups is 1. The Balaban J connectivity index is 1.76. The molecular weight excluding hydrogens is 240 g/mol. The van der Waals surface area contributed by atoms with Crippen molar-refractivity contribution in [2.24, 2.45) is 11.8 Å². The third-order valence-corrected chi connectivity index (χ3v) is 5.33. The van der Waals surface area contributed by atoms with Crippen molar-refractivity contribution in [3.63, 3.8) is 0 Å². The number of aliphatic hydroxyl groups excluding tert-OH is 1. The molecule has 1 unspecified atom stereocenters. The van der Waals surface area contributed by atoms with Gasteiger partial charge in [-0.3, -0.25) is 0 Å². The second-order valence-corrected chi connectivity index (χ2v) is 6.14. The van der Waals surface area contributed by atoms with Crippen molar-refractivity contribution in [2.45, 2.75) is 22.7 Å². The van der Waals surface area contributed by atoms with Crippen molar-refractivity contribution in [1.82, 2.24) is 0 Å². The van der Waals surface area contributed by atoms with Gasteiger partial charge in [0.15, 0.2) is 0 Å². The Labute approximate surface area is 105 Å². The SMILES string of the molecule is OC1C(Cl)=C[C@H]2C[C@@H]1[C@H]2Sc1ccccc1. The number of hydrogen-bond donors (Lipinski definition) is 1. The van der Waals surface area contributed by atoms with Crippen LogP contribution >= 0.6 is 23.4 Å². The molecule has 2 bridgehead atoms. The molecule has 3 heteroatoms. The number of allylic oxidation sites excluding steroid dienone is 1. The van der Waals surface area contributed by atoms with Crippen LogP contribution in [0.5, 0.6) is 0 Å². The molecule has 0 radical (unpaired) electrons. The predicted molar refractivity (Wildman–Crippen MR) is 67.6 cm³/mol. The predicted octanol–water partition coefficient (Wildman–Crippen LogP) is 3.28. The van der Waals surface area contributed by atoms with E-state index in [0.29, 0.717) is 22.1 Å². The van der Waals surface area contributed by atoms with Gasteiger partial charge in [0.05, 0.1) is 6.10 Å². The van der Waals surface area contributed by atoms with E-state index in [0.717, 1.165) is 6.42 Å². The lowest BCUT2D eigenvalue weighted by Gasteiger charge is -2.49. The molecule has 1 saturated carbocycles. The van der Waals surface area contributed by atoms with Crippen LogP contribution in [0.2, 0.25) is 0 Å². The molecule has 3 aliphatic rings. The van der Waals surface area contributed by atoms with E-state index in [2.05, 4.69) is 24.3 Å². The summed E-state index contributed by atoms with van der Waals surface area (Å²) in [5, 5.41) is 11.1. The van der Waals surface area contributed by atoms with E-state index >= 15 is 0 Å². The molecule has 0 saturated heterocycles. The normalized spacial score (nSPS) is 36.5. The largest absolute Gasteiger partial charge is 0.387 e. The first-order chi connectivity index (χ1) is 7.75. The Bertz CT molecular complexity index is 417. The average molecular weight is 253 g/mol. The monoisotopic (exact) mass is 252 g/mol. The second kappa shape index (κ2) is 4.10. The Hall–Kier alpha value is -0.440. The van der Waals surface area contributed by atoms with Gasteiger partial charge in [-0.25, -0.2) is 0 Å². The number of benzene rings is 1. The summed E-state index contributed by atoms with van der Waals surface area (Å²) in [7, 11) is 0. The van der Waals surface area contributed by atoms with E-state index in [4.69, 9.17) is 11.6 Å².